The Balaban J connectivity index is 1.64. The molecule has 2 bridgehead atoms. The van der Waals surface area contributed by atoms with Crippen LogP contribution in [0.4, 0.5) is 0 Å². The van der Waals surface area contributed by atoms with Crippen LogP contribution in [-0.2, 0) is 19.0 Å². The Morgan fingerprint density at radius 1 is 1.53 bits per heavy atom. The summed E-state index contributed by atoms with van der Waals surface area (Å²) in [6.07, 6.45) is 4.08. The van der Waals surface area contributed by atoms with Gasteiger partial charge in [0.1, 0.15) is 6.61 Å². The van der Waals surface area contributed by atoms with E-state index in [4.69, 9.17) is 14.2 Å². The second kappa shape index (κ2) is 4.66. The molecule has 1 spiro atoms. The van der Waals surface area contributed by atoms with Gasteiger partial charge in [-0.25, -0.2) is 0 Å². The van der Waals surface area contributed by atoms with Crippen LogP contribution in [0.1, 0.15) is 25.7 Å². The first-order valence-corrected chi connectivity index (χ1v) is 7.75. The van der Waals surface area contributed by atoms with Crippen LogP contribution >= 0.6 is 22.6 Å². The number of hydrogen-bond donors (Lipinski definition) is 0. The molecule has 3 fully saturated rings. The molecule has 0 radical (unpaired) electrons. The summed E-state index contributed by atoms with van der Waals surface area (Å²) in [5.74, 6) is -0.0767. The second-order valence-electron chi connectivity index (χ2n) is 5.27. The van der Waals surface area contributed by atoms with E-state index >= 15 is 0 Å². The normalized spacial score (nSPS) is 43.6. The van der Waals surface area contributed by atoms with Gasteiger partial charge in [-0.1, -0.05) is 22.6 Å². The standard InChI is InChI=1S/C12H17IO4/c13-2-1-3-15-9-4-8-5-12(11(9)17-8)6-10(14)16-7-12/h8-9,11H,1-7H2. The largest absolute Gasteiger partial charge is 0.465 e. The lowest BCUT2D eigenvalue weighted by Gasteiger charge is -2.33. The van der Waals surface area contributed by atoms with Crippen LogP contribution in [0.15, 0.2) is 0 Å². The summed E-state index contributed by atoms with van der Waals surface area (Å²) >= 11 is 2.36. The van der Waals surface area contributed by atoms with E-state index in [1.807, 2.05) is 0 Å². The number of halogens is 1. The number of carbonyl (C=O) groups excluding carboxylic acids is 1. The van der Waals surface area contributed by atoms with Gasteiger partial charge in [0.2, 0.25) is 0 Å². The first-order chi connectivity index (χ1) is 8.23. The molecule has 4 atom stereocenters. The van der Waals surface area contributed by atoms with Crippen molar-refractivity contribution in [1.82, 2.24) is 0 Å². The molecule has 0 aliphatic carbocycles. The minimum atomic E-state index is -0.0767. The lowest BCUT2D eigenvalue weighted by atomic mass is 9.72. The molecule has 3 aliphatic heterocycles. The molecule has 0 aromatic rings. The molecule has 3 heterocycles. The lowest BCUT2D eigenvalue weighted by molar-refractivity contribution is -0.137. The highest BCUT2D eigenvalue weighted by Crippen LogP contribution is 2.53. The Morgan fingerprint density at radius 3 is 3.06 bits per heavy atom. The van der Waals surface area contributed by atoms with Gasteiger partial charge in [-0.3, -0.25) is 4.79 Å². The van der Waals surface area contributed by atoms with Crippen LogP contribution < -0.4 is 0 Å². The fourth-order valence-electron chi connectivity index (χ4n) is 3.35. The molecule has 0 saturated carbocycles. The maximum Gasteiger partial charge on any atom is 0.306 e. The minimum Gasteiger partial charge on any atom is -0.465 e. The number of hydrogen-bond acceptors (Lipinski definition) is 4. The van der Waals surface area contributed by atoms with Gasteiger partial charge in [0.05, 0.1) is 24.7 Å². The summed E-state index contributed by atoms with van der Waals surface area (Å²) < 4.78 is 18.1. The van der Waals surface area contributed by atoms with Crippen molar-refractivity contribution < 1.29 is 19.0 Å². The molecule has 4 unspecified atom stereocenters. The summed E-state index contributed by atoms with van der Waals surface area (Å²) in [6, 6.07) is 0. The fraction of sp³-hybridized carbons (Fsp3) is 0.917. The zero-order chi connectivity index (χ0) is 11.9. The highest BCUT2D eigenvalue weighted by atomic mass is 127. The van der Waals surface area contributed by atoms with Crippen molar-refractivity contribution in [2.75, 3.05) is 17.6 Å². The maximum absolute atomic E-state index is 11.3. The van der Waals surface area contributed by atoms with Crippen molar-refractivity contribution in [2.24, 2.45) is 5.41 Å². The van der Waals surface area contributed by atoms with Gasteiger partial charge in [0.25, 0.3) is 0 Å². The van der Waals surface area contributed by atoms with Gasteiger partial charge in [0, 0.05) is 22.9 Å². The fourth-order valence-corrected chi connectivity index (χ4v) is 3.66. The quantitative estimate of drug-likeness (QED) is 0.334. The molecule has 5 heteroatoms. The van der Waals surface area contributed by atoms with Crippen molar-refractivity contribution in [3.63, 3.8) is 0 Å². The third-order valence-electron chi connectivity index (χ3n) is 4.04. The first kappa shape index (κ1) is 12.2. The number of carbonyl (C=O) groups is 1. The van der Waals surface area contributed by atoms with Crippen molar-refractivity contribution in [1.29, 1.82) is 0 Å². The van der Waals surface area contributed by atoms with E-state index in [9.17, 15) is 4.79 Å². The Labute approximate surface area is 115 Å². The number of esters is 1. The SMILES string of the molecule is O=C1CC2(CO1)CC1CC(OCCCI)C2O1. The van der Waals surface area contributed by atoms with Crippen molar-refractivity contribution >= 4 is 28.6 Å². The zero-order valence-electron chi connectivity index (χ0n) is 9.69. The number of fused-ring (bicyclic) bond motifs is 3. The third kappa shape index (κ3) is 2.10. The third-order valence-corrected chi connectivity index (χ3v) is 4.80. The summed E-state index contributed by atoms with van der Waals surface area (Å²) in [7, 11) is 0. The molecule has 4 nitrogen and oxygen atoms in total. The van der Waals surface area contributed by atoms with Crippen LogP contribution in [0.25, 0.3) is 0 Å². The van der Waals surface area contributed by atoms with E-state index in [1.54, 1.807) is 0 Å². The molecule has 0 amide bonds. The summed E-state index contributed by atoms with van der Waals surface area (Å²) in [5, 5.41) is 0. The molecule has 3 rings (SSSR count). The second-order valence-corrected chi connectivity index (χ2v) is 6.35. The lowest BCUT2D eigenvalue weighted by Crippen LogP contribution is -2.43. The molecule has 96 valence electrons. The van der Waals surface area contributed by atoms with E-state index < -0.39 is 0 Å². The predicted octanol–water partition coefficient (Wildman–Crippen LogP) is 1.69. The highest BCUT2D eigenvalue weighted by molar-refractivity contribution is 14.1. The number of cyclic esters (lactones) is 1. The van der Waals surface area contributed by atoms with Crippen molar-refractivity contribution in [2.45, 2.75) is 44.0 Å². The number of ether oxygens (including phenoxy) is 3. The van der Waals surface area contributed by atoms with E-state index in [-0.39, 0.29) is 29.7 Å². The van der Waals surface area contributed by atoms with E-state index in [2.05, 4.69) is 22.6 Å². The molecule has 0 aromatic heterocycles. The van der Waals surface area contributed by atoms with E-state index in [1.165, 1.54) is 0 Å². The van der Waals surface area contributed by atoms with Gasteiger partial charge >= 0.3 is 5.97 Å². The Morgan fingerprint density at radius 2 is 2.41 bits per heavy atom. The average molecular weight is 352 g/mol. The van der Waals surface area contributed by atoms with E-state index in [0.717, 1.165) is 30.3 Å². The van der Waals surface area contributed by atoms with Crippen LogP contribution in [-0.4, -0.2) is 41.9 Å². The highest BCUT2D eigenvalue weighted by Gasteiger charge is 2.61. The number of alkyl halides is 1. The zero-order valence-corrected chi connectivity index (χ0v) is 11.9. The molecule has 3 aliphatic rings. The molecule has 17 heavy (non-hydrogen) atoms. The molecular weight excluding hydrogens is 335 g/mol. The monoisotopic (exact) mass is 352 g/mol. The van der Waals surface area contributed by atoms with Gasteiger partial charge in [-0.05, 0) is 12.8 Å². The van der Waals surface area contributed by atoms with Gasteiger partial charge in [-0.2, -0.15) is 0 Å². The Kier molecular flexibility index (Phi) is 3.34. The van der Waals surface area contributed by atoms with Crippen LogP contribution in [0.2, 0.25) is 0 Å². The average Bonchev–Trinajstić information content (AvgIpc) is 2.94. The van der Waals surface area contributed by atoms with Crippen LogP contribution in [0.3, 0.4) is 0 Å². The minimum absolute atomic E-state index is 0.0744. The molecule has 0 N–H and O–H groups in total. The van der Waals surface area contributed by atoms with Crippen LogP contribution in [0, 0.1) is 5.41 Å². The van der Waals surface area contributed by atoms with Gasteiger partial charge < -0.3 is 14.2 Å². The Bertz CT molecular complexity index is 322. The van der Waals surface area contributed by atoms with Gasteiger partial charge in [-0.15, -0.1) is 0 Å². The predicted molar refractivity (Wildman–Crippen MR) is 69.1 cm³/mol. The first-order valence-electron chi connectivity index (χ1n) is 6.22. The molecule has 0 aromatic carbocycles. The molecular formula is C12H17IO4. The van der Waals surface area contributed by atoms with Gasteiger partial charge in [0.15, 0.2) is 0 Å². The summed E-state index contributed by atoms with van der Waals surface area (Å²) in [6.45, 7) is 1.32. The van der Waals surface area contributed by atoms with E-state index in [0.29, 0.717) is 13.0 Å². The van der Waals surface area contributed by atoms with Crippen molar-refractivity contribution in [3.05, 3.63) is 0 Å². The Hall–Kier alpha value is 0.120. The maximum atomic E-state index is 11.3. The summed E-state index contributed by atoms with van der Waals surface area (Å²) in [5.41, 5.74) is -0.0744. The topological polar surface area (TPSA) is 44.8 Å². The molecule has 3 saturated heterocycles. The van der Waals surface area contributed by atoms with Crippen molar-refractivity contribution in [3.8, 4) is 0 Å². The number of rotatable bonds is 4. The smallest absolute Gasteiger partial charge is 0.306 e. The van der Waals surface area contributed by atoms with Crippen LogP contribution in [0.5, 0.6) is 0 Å². The summed E-state index contributed by atoms with van der Waals surface area (Å²) in [4.78, 5) is 11.3.